The van der Waals surface area contributed by atoms with E-state index < -0.39 is 12.7 Å². The van der Waals surface area contributed by atoms with Crippen LogP contribution in [0.25, 0.3) is 10.9 Å². The van der Waals surface area contributed by atoms with Crippen molar-refractivity contribution in [1.29, 1.82) is 0 Å². The van der Waals surface area contributed by atoms with Gasteiger partial charge in [-0.3, -0.25) is 4.90 Å². The van der Waals surface area contributed by atoms with E-state index in [1.807, 2.05) is 6.07 Å². The van der Waals surface area contributed by atoms with E-state index in [1.54, 1.807) is 18.2 Å². The molecule has 0 spiro atoms. The lowest BCUT2D eigenvalue weighted by Crippen LogP contribution is -2.44. The molecule has 1 aliphatic carbocycles. The quantitative estimate of drug-likeness (QED) is 0.813. The van der Waals surface area contributed by atoms with Crippen molar-refractivity contribution in [3.63, 3.8) is 0 Å². The molecule has 148 valence electrons. The largest absolute Gasteiger partial charge is 0.406 e. The summed E-state index contributed by atoms with van der Waals surface area (Å²) < 4.78 is 46.5. The second-order valence-corrected chi connectivity index (χ2v) is 7.70. The van der Waals surface area contributed by atoms with Crippen LogP contribution < -0.4 is 5.73 Å². The van der Waals surface area contributed by atoms with E-state index in [0.717, 1.165) is 63.1 Å². The zero-order valence-corrected chi connectivity index (χ0v) is 15.3. The van der Waals surface area contributed by atoms with E-state index in [0.29, 0.717) is 17.2 Å². The van der Waals surface area contributed by atoms with E-state index in [9.17, 15) is 13.2 Å². The highest BCUT2D eigenvalue weighted by Gasteiger charge is 2.33. The number of anilines is 1. The van der Waals surface area contributed by atoms with E-state index in [1.165, 1.54) is 4.57 Å². The normalized spacial score (nSPS) is 25.1. The molecule has 1 aliphatic heterocycles. The first-order valence-corrected chi connectivity index (χ1v) is 9.68. The summed E-state index contributed by atoms with van der Waals surface area (Å²) >= 11 is 0. The Morgan fingerprint density at radius 3 is 2.44 bits per heavy atom. The van der Waals surface area contributed by atoms with Gasteiger partial charge in [-0.2, -0.15) is 13.2 Å². The molecule has 1 aromatic carbocycles. The highest BCUT2D eigenvalue weighted by Crippen LogP contribution is 2.39. The first-order chi connectivity index (χ1) is 12.9. The molecule has 0 radical (unpaired) electrons. The SMILES string of the molecule is Nc1cccc2c1cc(C1CCC(N3CCOCC3)CC1)n2CC(F)(F)F. The number of fused-ring (bicyclic) bond motifs is 1. The number of ether oxygens (including phenoxy) is 1. The molecule has 7 heteroatoms. The van der Waals surface area contributed by atoms with Crippen LogP contribution in [0.2, 0.25) is 0 Å². The zero-order chi connectivity index (χ0) is 19.0. The van der Waals surface area contributed by atoms with Crippen molar-refractivity contribution >= 4 is 16.6 Å². The monoisotopic (exact) mass is 381 g/mol. The van der Waals surface area contributed by atoms with Crippen molar-refractivity contribution in [2.24, 2.45) is 0 Å². The van der Waals surface area contributed by atoms with E-state index >= 15 is 0 Å². The summed E-state index contributed by atoms with van der Waals surface area (Å²) in [6.07, 6.45) is -0.385. The number of hydrogen-bond donors (Lipinski definition) is 1. The third-order valence-corrected chi connectivity index (χ3v) is 6.03. The van der Waals surface area contributed by atoms with Crippen LogP contribution in [0.5, 0.6) is 0 Å². The van der Waals surface area contributed by atoms with Gasteiger partial charge in [0.1, 0.15) is 6.54 Å². The number of hydrogen-bond acceptors (Lipinski definition) is 3. The number of aromatic nitrogens is 1. The summed E-state index contributed by atoms with van der Waals surface area (Å²) in [5.74, 6) is 0.149. The van der Waals surface area contributed by atoms with Crippen molar-refractivity contribution in [2.45, 2.75) is 50.4 Å². The van der Waals surface area contributed by atoms with Crippen molar-refractivity contribution in [3.8, 4) is 0 Å². The summed E-state index contributed by atoms with van der Waals surface area (Å²) in [4.78, 5) is 2.48. The highest BCUT2D eigenvalue weighted by atomic mass is 19.4. The fourth-order valence-corrected chi connectivity index (χ4v) is 4.70. The Bertz CT molecular complexity index is 788. The molecule has 2 aromatic rings. The summed E-state index contributed by atoms with van der Waals surface area (Å²) in [6, 6.07) is 7.62. The Morgan fingerprint density at radius 2 is 1.78 bits per heavy atom. The number of morpholine rings is 1. The number of nitrogens with zero attached hydrogens (tertiary/aromatic N) is 2. The van der Waals surface area contributed by atoms with Crippen LogP contribution in [-0.4, -0.2) is 48.0 Å². The lowest BCUT2D eigenvalue weighted by Gasteiger charge is -2.39. The standard InChI is InChI=1S/C20H26F3N3O/c21-20(22,23)13-26-18-3-1-2-17(24)16(18)12-19(26)14-4-6-15(7-5-14)25-8-10-27-11-9-25/h1-3,12,14-15H,4-11,13,24H2. The fourth-order valence-electron chi connectivity index (χ4n) is 4.70. The molecule has 4 rings (SSSR count). The van der Waals surface area contributed by atoms with E-state index in [4.69, 9.17) is 10.5 Å². The molecule has 2 fully saturated rings. The van der Waals surface area contributed by atoms with Gasteiger partial charge in [0.15, 0.2) is 0 Å². The number of nitrogen functional groups attached to an aromatic ring is 1. The number of benzene rings is 1. The Balaban J connectivity index is 1.58. The molecule has 2 heterocycles. The average Bonchev–Trinajstić information content (AvgIpc) is 3.01. The van der Waals surface area contributed by atoms with Crippen molar-refractivity contribution < 1.29 is 17.9 Å². The van der Waals surface area contributed by atoms with Gasteiger partial charge in [0.2, 0.25) is 0 Å². The van der Waals surface area contributed by atoms with Gasteiger partial charge < -0.3 is 15.0 Å². The Kier molecular flexibility index (Phi) is 5.07. The van der Waals surface area contributed by atoms with Crippen LogP contribution in [-0.2, 0) is 11.3 Å². The van der Waals surface area contributed by atoms with Crippen LogP contribution in [0.4, 0.5) is 18.9 Å². The minimum absolute atomic E-state index is 0.149. The maximum atomic E-state index is 13.2. The Hall–Kier alpha value is -1.73. The lowest BCUT2D eigenvalue weighted by atomic mass is 9.83. The molecule has 1 aromatic heterocycles. The third-order valence-electron chi connectivity index (χ3n) is 6.03. The highest BCUT2D eigenvalue weighted by molar-refractivity contribution is 5.92. The van der Waals surface area contributed by atoms with Gasteiger partial charge in [-0.05, 0) is 49.8 Å². The van der Waals surface area contributed by atoms with Gasteiger partial charge in [0, 0.05) is 35.9 Å². The second kappa shape index (κ2) is 7.36. The van der Waals surface area contributed by atoms with Crippen LogP contribution in [0.1, 0.15) is 37.3 Å². The van der Waals surface area contributed by atoms with Crippen LogP contribution >= 0.6 is 0 Å². The molecule has 4 nitrogen and oxygen atoms in total. The molecule has 1 saturated heterocycles. The van der Waals surface area contributed by atoms with E-state index in [-0.39, 0.29) is 5.92 Å². The smallest absolute Gasteiger partial charge is 0.398 e. The topological polar surface area (TPSA) is 43.4 Å². The van der Waals surface area contributed by atoms with Gasteiger partial charge in [-0.1, -0.05) is 6.07 Å². The Morgan fingerprint density at radius 1 is 1.07 bits per heavy atom. The maximum absolute atomic E-state index is 13.2. The second-order valence-electron chi connectivity index (χ2n) is 7.70. The minimum atomic E-state index is -4.25. The summed E-state index contributed by atoms with van der Waals surface area (Å²) in [6.45, 7) is 2.51. The van der Waals surface area contributed by atoms with Crippen LogP contribution in [0.15, 0.2) is 24.3 Å². The molecular weight excluding hydrogens is 355 g/mol. The minimum Gasteiger partial charge on any atom is -0.398 e. The molecule has 27 heavy (non-hydrogen) atoms. The fraction of sp³-hybridized carbons (Fsp3) is 0.600. The van der Waals surface area contributed by atoms with Crippen LogP contribution in [0, 0.1) is 0 Å². The average molecular weight is 381 g/mol. The van der Waals surface area contributed by atoms with Gasteiger partial charge in [0.25, 0.3) is 0 Å². The Labute approximate surface area is 157 Å². The number of halogens is 3. The molecule has 0 amide bonds. The van der Waals surface area contributed by atoms with Crippen molar-refractivity contribution in [1.82, 2.24) is 9.47 Å². The predicted octanol–water partition coefficient (Wildman–Crippen LogP) is 4.14. The van der Waals surface area contributed by atoms with Crippen LogP contribution in [0.3, 0.4) is 0 Å². The molecule has 0 unspecified atom stereocenters. The van der Waals surface area contributed by atoms with Gasteiger partial charge in [-0.15, -0.1) is 0 Å². The summed E-state index contributed by atoms with van der Waals surface area (Å²) in [7, 11) is 0. The van der Waals surface area contributed by atoms with Gasteiger partial charge in [0.05, 0.1) is 18.7 Å². The first-order valence-electron chi connectivity index (χ1n) is 9.68. The molecule has 1 saturated carbocycles. The molecule has 2 aliphatic rings. The molecular formula is C20H26F3N3O. The number of alkyl halides is 3. The lowest BCUT2D eigenvalue weighted by molar-refractivity contribution is -0.140. The number of nitrogens with two attached hydrogens (primary N) is 1. The van der Waals surface area contributed by atoms with Gasteiger partial charge in [-0.25, -0.2) is 0 Å². The molecule has 2 N–H and O–H groups in total. The predicted molar refractivity (Wildman–Crippen MR) is 99.8 cm³/mol. The van der Waals surface area contributed by atoms with Gasteiger partial charge >= 0.3 is 6.18 Å². The van der Waals surface area contributed by atoms with E-state index in [2.05, 4.69) is 4.90 Å². The summed E-state index contributed by atoms with van der Waals surface area (Å²) in [5.41, 5.74) is 7.94. The summed E-state index contributed by atoms with van der Waals surface area (Å²) in [5, 5.41) is 0.729. The number of rotatable bonds is 3. The van der Waals surface area contributed by atoms with Crippen molar-refractivity contribution in [3.05, 3.63) is 30.0 Å². The zero-order valence-electron chi connectivity index (χ0n) is 15.3. The first kappa shape index (κ1) is 18.6. The maximum Gasteiger partial charge on any atom is 0.406 e. The third kappa shape index (κ3) is 3.94. The molecule has 0 atom stereocenters. The van der Waals surface area contributed by atoms with Crippen molar-refractivity contribution in [2.75, 3.05) is 32.0 Å². The molecule has 0 bridgehead atoms.